The Hall–Kier alpha value is -2.20. The maximum absolute atomic E-state index is 12.3. The fourth-order valence-corrected chi connectivity index (χ4v) is 2.58. The number of benzene rings is 1. The zero-order chi connectivity index (χ0) is 16.3. The van der Waals surface area contributed by atoms with Gasteiger partial charge < -0.3 is 11.1 Å². The van der Waals surface area contributed by atoms with E-state index in [2.05, 4.69) is 10.3 Å². The largest absolute Gasteiger partial charge is 0.345 e. The fraction of sp³-hybridized carbons (Fsp3) is 0.368. The number of nitrogens with one attached hydrogen (secondary N) is 1. The summed E-state index contributed by atoms with van der Waals surface area (Å²) in [6.07, 6.45) is 8.15. The standard InChI is InChI=1S/C19H25N3O/c20-13-7-2-1-6-10-18(23)22-19(16-8-4-3-5-9-16)17-11-14-21-15-12-17/h3-5,8-9,11-12,14-15,19H,1-2,6-7,10,13,20H2,(H,22,23). The summed E-state index contributed by atoms with van der Waals surface area (Å²) < 4.78 is 0. The van der Waals surface area contributed by atoms with Crippen LogP contribution in [0.15, 0.2) is 54.9 Å². The molecule has 2 aromatic rings. The highest BCUT2D eigenvalue weighted by Gasteiger charge is 2.16. The number of aromatic nitrogens is 1. The molecule has 122 valence electrons. The van der Waals surface area contributed by atoms with Gasteiger partial charge in [0.05, 0.1) is 6.04 Å². The second-order valence-electron chi connectivity index (χ2n) is 5.64. The molecule has 4 nitrogen and oxygen atoms in total. The van der Waals surface area contributed by atoms with Crippen LogP contribution in [0, 0.1) is 0 Å². The van der Waals surface area contributed by atoms with Crippen LogP contribution in [-0.2, 0) is 4.79 Å². The van der Waals surface area contributed by atoms with Crippen LogP contribution < -0.4 is 11.1 Å². The van der Waals surface area contributed by atoms with Crippen molar-refractivity contribution in [2.45, 2.75) is 38.1 Å². The molecule has 0 aliphatic rings. The summed E-state index contributed by atoms with van der Waals surface area (Å²) in [5.41, 5.74) is 7.60. The SMILES string of the molecule is NCCCCCCC(=O)NC(c1ccccc1)c1ccncc1. The molecule has 0 saturated heterocycles. The van der Waals surface area contributed by atoms with E-state index in [0.717, 1.165) is 43.4 Å². The van der Waals surface area contributed by atoms with Gasteiger partial charge >= 0.3 is 0 Å². The molecule has 3 N–H and O–H groups in total. The monoisotopic (exact) mass is 311 g/mol. The first-order valence-corrected chi connectivity index (χ1v) is 8.25. The molecule has 0 spiro atoms. The maximum Gasteiger partial charge on any atom is 0.220 e. The van der Waals surface area contributed by atoms with Gasteiger partial charge in [-0.05, 0) is 42.6 Å². The van der Waals surface area contributed by atoms with E-state index in [4.69, 9.17) is 5.73 Å². The molecule has 1 aromatic carbocycles. The third-order valence-corrected chi connectivity index (χ3v) is 3.84. The number of nitrogens with two attached hydrogens (primary N) is 1. The molecule has 1 heterocycles. The van der Waals surface area contributed by atoms with Crippen molar-refractivity contribution in [3.05, 3.63) is 66.0 Å². The van der Waals surface area contributed by atoms with Crippen molar-refractivity contribution < 1.29 is 4.79 Å². The van der Waals surface area contributed by atoms with Crippen LogP contribution in [-0.4, -0.2) is 17.4 Å². The molecule has 1 aromatic heterocycles. The average molecular weight is 311 g/mol. The molecule has 0 radical (unpaired) electrons. The lowest BCUT2D eigenvalue weighted by Crippen LogP contribution is -2.29. The number of nitrogens with zero attached hydrogens (tertiary/aromatic N) is 1. The molecule has 1 amide bonds. The van der Waals surface area contributed by atoms with E-state index in [0.29, 0.717) is 6.42 Å². The zero-order valence-corrected chi connectivity index (χ0v) is 13.4. The van der Waals surface area contributed by atoms with Crippen LogP contribution in [0.1, 0.15) is 49.3 Å². The minimum absolute atomic E-state index is 0.0865. The van der Waals surface area contributed by atoms with Crippen molar-refractivity contribution in [3.63, 3.8) is 0 Å². The molecule has 1 atom stereocenters. The predicted molar refractivity (Wildman–Crippen MR) is 92.8 cm³/mol. The number of hydrogen-bond donors (Lipinski definition) is 2. The van der Waals surface area contributed by atoms with Crippen molar-refractivity contribution in [2.24, 2.45) is 5.73 Å². The van der Waals surface area contributed by atoms with Gasteiger partial charge in [-0.2, -0.15) is 0 Å². The number of hydrogen-bond acceptors (Lipinski definition) is 3. The van der Waals surface area contributed by atoms with Gasteiger partial charge in [-0.3, -0.25) is 9.78 Å². The Labute approximate surface area is 138 Å². The second-order valence-corrected chi connectivity index (χ2v) is 5.64. The van der Waals surface area contributed by atoms with Crippen molar-refractivity contribution in [1.29, 1.82) is 0 Å². The Morgan fingerprint density at radius 2 is 1.61 bits per heavy atom. The van der Waals surface area contributed by atoms with Crippen LogP contribution in [0.25, 0.3) is 0 Å². The summed E-state index contributed by atoms with van der Waals surface area (Å²) in [5, 5.41) is 3.15. The normalized spacial score (nSPS) is 11.9. The molecular formula is C19H25N3O. The lowest BCUT2D eigenvalue weighted by atomic mass is 9.99. The maximum atomic E-state index is 12.3. The molecule has 0 fully saturated rings. The van der Waals surface area contributed by atoms with Crippen LogP contribution >= 0.6 is 0 Å². The van der Waals surface area contributed by atoms with Gasteiger partial charge in [0.2, 0.25) is 5.91 Å². The first kappa shape index (κ1) is 17.2. The van der Waals surface area contributed by atoms with Gasteiger partial charge in [-0.15, -0.1) is 0 Å². The van der Waals surface area contributed by atoms with E-state index >= 15 is 0 Å². The number of carbonyl (C=O) groups excluding carboxylic acids is 1. The van der Waals surface area contributed by atoms with Crippen molar-refractivity contribution in [1.82, 2.24) is 10.3 Å². The van der Waals surface area contributed by atoms with Crippen LogP contribution in [0.3, 0.4) is 0 Å². The third-order valence-electron chi connectivity index (χ3n) is 3.84. The van der Waals surface area contributed by atoms with Crippen molar-refractivity contribution in [3.8, 4) is 0 Å². The molecule has 1 unspecified atom stereocenters. The number of unbranched alkanes of at least 4 members (excludes halogenated alkanes) is 3. The number of amides is 1. The van der Waals surface area contributed by atoms with E-state index < -0.39 is 0 Å². The Kier molecular flexibility index (Phi) is 7.27. The molecule has 2 rings (SSSR count). The molecular weight excluding hydrogens is 286 g/mol. The van der Waals surface area contributed by atoms with Crippen LogP contribution in [0.2, 0.25) is 0 Å². The summed E-state index contributed by atoms with van der Waals surface area (Å²) in [7, 11) is 0. The van der Waals surface area contributed by atoms with Crippen molar-refractivity contribution in [2.75, 3.05) is 6.54 Å². The van der Waals surface area contributed by atoms with Gasteiger partial charge in [-0.25, -0.2) is 0 Å². The molecule has 0 saturated carbocycles. The van der Waals surface area contributed by atoms with Gasteiger partial charge in [0.15, 0.2) is 0 Å². The minimum Gasteiger partial charge on any atom is -0.345 e. The Morgan fingerprint density at radius 1 is 0.957 bits per heavy atom. The van der Waals surface area contributed by atoms with Gasteiger partial charge in [0.1, 0.15) is 0 Å². The first-order chi connectivity index (χ1) is 11.3. The van der Waals surface area contributed by atoms with Crippen LogP contribution in [0.4, 0.5) is 0 Å². The molecule has 4 heteroatoms. The zero-order valence-electron chi connectivity index (χ0n) is 13.4. The number of carbonyl (C=O) groups is 1. The van der Waals surface area contributed by atoms with E-state index in [1.54, 1.807) is 12.4 Å². The molecule has 0 aliphatic carbocycles. The lowest BCUT2D eigenvalue weighted by Gasteiger charge is -2.19. The van der Waals surface area contributed by atoms with E-state index in [1.807, 2.05) is 42.5 Å². The summed E-state index contributed by atoms with van der Waals surface area (Å²) >= 11 is 0. The van der Waals surface area contributed by atoms with E-state index in [9.17, 15) is 4.79 Å². The van der Waals surface area contributed by atoms with Gasteiger partial charge in [-0.1, -0.05) is 43.2 Å². The highest BCUT2D eigenvalue weighted by molar-refractivity contribution is 5.76. The minimum atomic E-state index is -0.129. The predicted octanol–water partition coefficient (Wildman–Crippen LogP) is 3.20. The number of pyridine rings is 1. The third kappa shape index (κ3) is 5.83. The summed E-state index contributed by atoms with van der Waals surface area (Å²) in [6, 6.07) is 13.8. The van der Waals surface area contributed by atoms with E-state index in [-0.39, 0.29) is 11.9 Å². The van der Waals surface area contributed by atoms with Crippen molar-refractivity contribution >= 4 is 5.91 Å². The van der Waals surface area contributed by atoms with Gasteiger partial charge in [0.25, 0.3) is 0 Å². The molecule has 0 bridgehead atoms. The molecule has 23 heavy (non-hydrogen) atoms. The highest BCUT2D eigenvalue weighted by Crippen LogP contribution is 2.21. The first-order valence-electron chi connectivity index (χ1n) is 8.25. The summed E-state index contributed by atoms with van der Waals surface area (Å²) in [5.74, 6) is 0.0865. The summed E-state index contributed by atoms with van der Waals surface area (Å²) in [4.78, 5) is 16.3. The number of rotatable bonds is 9. The topological polar surface area (TPSA) is 68.0 Å². The Balaban J connectivity index is 1.97. The second kappa shape index (κ2) is 9.74. The quantitative estimate of drug-likeness (QED) is 0.699. The lowest BCUT2D eigenvalue weighted by molar-refractivity contribution is -0.121. The Morgan fingerprint density at radius 3 is 2.30 bits per heavy atom. The van der Waals surface area contributed by atoms with Gasteiger partial charge in [0, 0.05) is 18.8 Å². The van der Waals surface area contributed by atoms with E-state index in [1.165, 1.54) is 0 Å². The van der Waals surface area contributed by atoms with Crippen LogP contribution in [0.5, 0.6) is 0 Å². The average Bonchev–Trinajstić information content (AvgIpc) is 2.61. The fourth-order valence-electron chi connectivity index (χ4n) is 2.58. The molecule has 0 aliphatic heterocycles. The summed E-state index contributed by atoms with van der Waals surface area (Å²) in [6.45, 7) is 0.727. The Bertz CT molecular complexity index is 532. The smallest absolute Gasteiger partial charge is 0.220 e. The highest BCUT2D eigenvalue weighted by atomic mass is 16.1.